The van der Waals surface area contributed by atoms with E-state index in [1.54, 1.807) is 0 Å². The first-order valence-electron chi connectivity index (χ1n) is 7.34. The van der Waals surface area contributed by atoms with Crippen LogP contribution in [0.3, 0.4) is 0 Å². The molecule has 2 aromatic carbocycles. The van der Waals surface area contributed by atoms with Crippen LogP contribution in [-0.4, -0.2) is 25.1 Å². The smallest absolute Gasteiger partial charge is 0.127 e. The van der Waals surface area contributed by atoms with Crippen molar-refractivity contribution < 1.29 is 4.74 Å². The third-order valence-electron chi connectivity index (χ3n) is 4.50. The maximum atomic E-state index is 5.90. The Hall–Kier alpha value is -1.80. The van der Waals surface area contributed by atoms with Crippen molar-refractivity contribution in [2.24, 2.45) is 0 Å². The SMILES string of the molecule is CN1Cc2c(ccc3c2OCC3)C(c2ccccc2)C1. The molecule has 102 valence electrons. The highest BCUT2D eigenvalue weighted by atomic mass is 16.5. The predicted octanol–water partition coefficient (Wildman–Crippen LogP) is 3.20. The van der Waals surface area contributed by atoms with Gasteiger partial charge in [0.15, 0.2) is 0 Å². The normalized spacial score (nSPS) is 21.1. The third kappa shape index (κ3) is 1.83. The molecule has 1 atom stereocenters. The lowest BCUT2D eigenvalue weighted by atomic mass is 9.83. The van der Waals surface area contributed by atoms with E-state index in [4.69, 9.17) is 4.74 Å². The van der Waals surface area contributed by atoms with Gasteiger partial charge < -0.3 is 9.64 Å². The Morgan fingerprint density at radius 2 is 1.95 bits per heavy atom. The second-order valence-corrected chi connectivity index (χ2v) is 5.88. The molecule has 0 bridgehead atoms. The van der Waals surface area contributed by atoms with Crippen LogP contribution in [0.4, 0.5) is 0 Å². The molecule has 2 aliphatic rings. The minimum absolute atomic E-state index is 0.458. The molecule has 2 aliphatic heterocycles. The van der Waals surface area contributed by atoms with E-state index in [1.165, 1.54) is 22.3 Å². The van der Waals surface area contributed by atoms with Crippen molar-refractivity contribution >= 4 is 0 Å². The van der Waals surface area contributed by atoms with E-state index in [0.717, 1.165) is 31.9 Å². The molecule has 0 saturated carbocycles. The summed E-state index contributed by atoms with van der Waals surface area (Å²) in [6, 6.07) is 15.4. The monoisotopic (exact) mass is 265 g/mol. The van der Waals surface area contributed by atoms with E-state index in [0.29, 0.717) is 5.92 Å². The van der Waals surface area contributed by atoms with Crippen LogP contribution < -0.4 is 4.74 Å². The summed E-state index contributed by atoms with van der Waals surface area (Å²) in [6.45, 7) is 2.92. The molecule has 0 aromatic heterocycles. The van der Waals surface area contributed by atoms with Crippen LogP contribution in [-0.2, 0) is 13.0 Å². The van der Waals surface area contributed by atoms with E-state index < -0.39 is 0 Å². The summed E-state index contributed by atoms with van der Waals surface area (Å²) < 4.78 is 5.90. The van der Waals surface area contributed by atoms with Crippen LogP contribution in [0.15, 0.2) is 42.5 Å². The van der Waals surface area contributed by atoms with Crippen molar-refractivity contribution in [2.75, 3.05) is 20.2 Å². The molecule has 0 spiro atoms. The Balaban J connectivity index is 1.86. The third-order valence-corrected chi connectivity index (χ3v) is 4.50. The summed E-state index contributed by atoms with van der Waals surface area (Å²) in [6.07, 6.45) is 1.06. The Morgan fingerprint density at radius 3 is 2.80 bits per heavy atom. The highest BCUT2D eigenvalue weighted by molar-refractivity contribution is 5.53. The fourth-order valence-corrected chi connectivity index (χ4v) is 3.54. The summed E-state index contributed by atoms with van der Waals surface area (Å²) in [7, 11) is 2.20. The minimum atomic E-state index is 0.458. The number of rotatable bonds is 1. The molecule has 0 N–H and O–H groups in total. The molecule has 0 aliphatic carbocycles. The van der Waals surface area contributed by atoms with E-state index >= 15 is 0 Å². The lowest BCUT2D eigenvalue weighted by Gasteiger charge is -2.33. The van der Waals surface area contributed by atoms with Crippen LogP contribution >= 0.6 is 0 Å². The van der Waals surface area contributed by atoms with Gasteiger partial charge in [0.1, 0.15) is 5.75 Å². The highest BCUT2D eigenvalue weighted by Crippen LogP contribution is 2.41. The van der Waals surface area contributed by atoms with E-state index in [1.807, 2.05) is 0 Å². The second kappa shape index (κ2) is 4.64. The molecule has 4 rings (SSSR count). The Bertz CT molecular complexity index is 635. The lowest BCUT2D eigenvalue weighted by Crippen LogP contribution is -2.31. The van der Waals surface area contributed by atoms with Gasteiger partial charge in [-0.1, -0.05) is 42.5 Å². The largest absolute Gasteiger partial charge is 0.493 e. The number of ether oxygens (including phenoxy) is 1. The zero-order valence-electron chi connectivity index (χ0n) is 11.8. The minimum Gasteiger partial charge on any atom is -0.493 e. The van der Waals surface area contributed by atoms with Crippen LogP contribution in [0.25, 0.3) is 0 Å². The molecule has 20 heavy (non-hydrogen) atoms. The van der Waals surface area contributed by atoms with Gasteiger partial charge in [-0.2, -0.15) is 0 Å². The Labute approximate surface area is 120 Å². The van der Waals surface area contributed by atoms with Gasteiger partial charge in [-0.05, 0) is 23.7 Å². The van der Waals surface area contributed by atoms with E-state index in [9.17, 15) is 0 Å². The molecule has 0 saturated heterocycles. The number of fused-ring (bicyclic) bond motifs is 3. The average Bonchev–Trinajstić information content (AvgIpc) is 2.96. The summed E-state index contributed by atoms with van der Waals surface area (Å²) >= 11 is 0. The van der Waals surface area contributed by atoms with Crippen molar-refractivity contribution in [1.29, 1.82) is 0 Å². The van der Waals surface area contributed by atoms with Crippen LogP contribution in [0.1, 0.15) is 28.2 Å². The van der Waals surface area contributed by atoms with Gasteiger partial charge in [0, 0.05) is 31.0 Å². The first-order chi connectivity index (χ1) is 9.83. The molecule has 2 aromatic rings. The number of nitrogens with zero attached hydrogens (tertiary/aromatic N) is 1. The molecular weight excluding hydrogens is 246 g/mol. The molecular formula is C18H19NO. The van der Waals surface area contributed by atoms with Crippen LogP contribution in [0.2, 0.25) is 0 Å². The first-order valence-corrected chi connectivity index (χ1v) is 7.34. The standard InChI is InChI=1S/C18H19NO/c1-19-11-16(13-5-3-2-4-6-13)15-8-7-14-9-10-20-18(14)17(15)12-19/h2-8,16H,9-12H2,1H3. The molecule has 0 amide bonds. The van der Waals surface area contributed by atoms with Gasteiger partial charge in [-0.25, -0.2) is 0 Å². The number of hydrogen-bond acceptors (Lipinski definition) is 2. The molecule has 0 radical (unpaired) electrons. The summed E-state index contributed by atoms with van der Waals surface area (Å²) in [4.78, 5) is 2.40. The van der Waals surface area contributed by atoms with Crippen molar-refractivity contribution in [3.05, 3.63) is 64.7 Å². The average molecular weight is 265 g/mol. The van der Waals surface area contributed by atoms with Crippen molar-refractivity contribution in [3.8, 4) is 5.75 Å². The van der Waals surface area contributed by atoms with Gasteiger partial charge >= 0.3 is 0 Å². The van der Waals surface area contributed by atoms with Gasteiger partial charge in [0.05, 0.1) is 6.61 Å². The second-order valence-electron chi connectivity index (χ2n) is 5.88. The number of likely N-dealkylation sites (N-methyl/N-ethyl adjacent to an activating group) is 1. The van der Waals surface area contributed by atoms with E-state index in [2.05, 4.69) is 54.4 Å². The molecule has 2 heterocycles. The molecule has 2 nitrogen and oxygen atoms in total. The molecule has 2 heteroatoms. The zero-order valence-corrected chi connectivity index (χ0v) is 11.8. The maximum absolute atomic E-state index is 5.90. The quantitative estimate of drug-likeness (QED) is 0.785. The predicted molar refractivity (Wildman–Crippen MR) is 80.3 cm³/mol. The topological polar surface area (TPSA) is 12.5 Å². The fourth-order valence-electron chi connectivity index (χ4n) is 3.54. The van der Waals surface area contributed by atoms with Crippen molar-refractivity contribution in [3.63, 3.8) is 0 Å². The van der Waals surface area contributed by atoms with Gasteiger partial charge in [0.25, 0.3) is 0 Å². The van der Waals surface area contributed by atoms with Crippen LogP contribution in [0, 0.1) is 0 Å². The maximum Gasteiger partial charge on any atom is 0.127 e. The van der Waals surface area contributed by atoms with Gasteiger partial charge in [-0.15, -0.1) is 0 Å². The number of hydrogen-bond donors (Lipinski definition) is 0. The summed E-state index contributed by atoms with van der Waals surface area (Å²) in [5, 5.41) is 0. The van der Waals surface area contributed by atoms with Crippen LogP contribution in [0.5, 0.6) is 5.75 Å². The van der Waals surface area contributed by atoms with Crippen molar-refractivity contribution in [2.45, 2.75) is 18.9 Å². The highest BCUT2D eigenvalue weighted by Gasteiger charge is 2.29. The van der Waals surface area contributed by atoms with Gasteiger partial charge in [-0.3, -0.25) is 0 Å². The summed E-state index contributed by atoms with van der Waals surface area (Å²) in [5.74, 6) is 1.62. The first kappa shape index (κ1) is 12.0. The Morgan fingerprint density at radius 1 is 1.10 bits per heavy atom. The number of benzene rings is 2. The summed E-state index contributed by atoms with van der Waals surface area (Å²) in [5.41, 5.74) is 5.64. The van der Waals surface area contributed by atoms with Crippen molar-refractivity contribution in [1.82, 2.24) is 4.90 Å². The molecule has 0 fully saturated rings. The molecule has 1 unspecified atom stereocenters. The van der Waals surface area contributed by atoms with E-state index in [-0.39, 0.29) is 0 Å². The van der Waals surface area contributed by atoms with Gasteiger partial charge in [0.2, 0.25) is 0 Å². The lowest BCUT2D eigenvalue weighted by molar-refractivity contribution is 0.282. The zero-order chi connectivity index (χ0) is 13.5. The Kier molecular flexibility index (Phi) is 2.78. The fraction of sp³-hybridized carbons (Fsp3) is 0.333.